The molecule has 0 aliphatic heterocycles. The fourth-order valence-electron chi connectivity index (χ4n) is 0.379. The van der Waals surface area contributed by atoms with Crippen molar-refractivity contribution in [1.82, 2.24) is 0 Å². The van der Waals surface area contributed by atoms with Gasteiger partial charge in [-0.1, -0.05) is 0 Å². The molecule has 0 amide bonds. The molecular formula is C4H9FO3S. The summed E-state index contributed by atoms with van der Waals surface area (Å²) in [5.41, 5.74) is 0. The van der Waals surface area contributed by atoms with Crippen molar-refractivity contribution < 1.29 is 17.4 Å². The van der Waals surface area contributed by atoms with Gasteiger partial charge in [-0.25, -0.2) is 0 Å². The van der Waals surface area contributed by atoms with Gasteiger partial charge < -0.3 is 0 Å². The molecule has 1 N–H and O–H groups in total. The molecule has 56 valence electrons. The lowest BCUT2D eigenvalue weighted by atomic mass is 10.4. The minimum absolute atomic E-state index is 0.190. The number of rotatable bonds is 4. The first-order valence-electron chi connectivity index (χ1n) is 2.57. The van der Waals surface area contributed by atoms with E-state index in [0.29, 0.717) is 0 Å². The largest absolute Gasteiger partial charge is 0.286 e. The van der Waals surface area contributed by atoms with Crippen molar-refractivity contribution in [2.45, 2.75) is 12.8 Å². The zero-order valence-corrected chi connectivity index (χ0v) is 5.69. The van der Waals surface area contributed by atoms with E-state index in [2.05, 4.69) is 0 Å². The Labute approximate surface area is 53.6 Å². The molecule has 0 saturated heterocycles. The second-order valence-electron chi connectivity index (χ2n) is 1.68. The summed E-state index contributed by atoms with van der Waals surface area (Å²) in [7, 11) is -3.86. The second-order valence-corrected chi connectivity index (χ2v) is 3.25. The Morgan fingerprint density at radius 2 is 1.89 bits per heavy atom. The lowest BCUT2D eigenvalue weighted by Crippen LogP contribution is -2.03. The maximum absolute atomic E-state index is 11.3. The molecule has 0 aromatic heterocycles. The van der Waals surface area contributed by atoms with Crippen molar-refractivity contribution in [3.8, 4) is 0 Å². The highest BCUT2D eigenvalue weighted by Gasteiger charge is 2.01. The van der Waals surface area contributed by atoms with Crippen LogP contribution in [0, 0.1) is 0 Å². The van der Waals surface area contributed by atoms with Crippen molar-refractivity contribution in [2.24, 2.45) is 0 Å². The molecule has 0 aliphatic rings. The fraction of sp³-hybridized carbons (Fsp3) is 1.00. The Morgan fingerprint density at radius 1 is 1.33 bits per heavy atom. The number of hydrogen-bond donors (Lipinski definition) is 1. The van der Waals surface area contributed by atoms with Crippen LogP contribution in [0.25, 0.3) is 0 Å². The summed E-state index contributed by atoms with van der Waals surface area (Å²) in [6.45, 7) is -0.532. The summed E-state index contributed by atoms with van der Waals surface area (Å²) in [5, 5.41) is 0. The normalized spacial score (nSPS) is 11.8. The fourth-order valence-corrected chi connectivity index (χ4v) is 0.948. The molecule has 0 bridgehead atoms. The van der Waals surface area contributed by atoms with Gasteiger partial charge >= 0.3 is 0 Å². The molecule has 0 aromatic carbocycles. The highest BCUT2D eigenvalue weighted by atomic mass is 32.2. The maximum atomic E-state index is 11.3. The highest BCUT2D eigenvalue weighted by Crippen LogP contribution is 1.93. The highest BCUT2D eigenvalue weighted by molar-refractivity contribution is 7.85. The Hall–Kier alpha value is -0.160. The zero-order valence-electron chi connectivity index (χ0n) is 4.88. The topological polar surface area (TPSA) is 54.4 Å². The third kappa shape index (κ3) is 7.84. The molecule has 0 aliphatic carbocycles. The van der Waals surface area contributed by atoms with E-state index in [1.165, 1.54) is 0 Å². The Kier molecular flexibility index (Phi) is 3.72. The van der Waals surface area contributed by atoms with Gasteiger partial charge in [0.05, 0.1) is 12.4 Å². The predicted octanol–water partition coefficient (Wildman–Crippen LogP) is 0.624. The van der Waals surface area contributed by atoms with Gasteiger partial charge in [-0.15, -0.1) is 0 Å². The smallest absolute Gasteiger partial charge is 0.264 e. The molecule has 0 spiro atoms. The van der Waals surface area contributed by atoms with E-state index in [9.17, 15) is 12.8 Å². The van der Waals surface area contributed by atoms with Crippen molar-refractivity contribution in [1.29, 1.82) is 0 Å². The maximum Gasteiger partial charge on any atom is 0.264 e. The zero-order chi connectivity index (χ0) is 7.33. The average molecular weight is 156 g/mol. The first-order chi connectivity index (χ1) is 4.06. The van der Waals surface area contributed by atoms with Crippen LogP contribution < -0.4 is 0 Å². The van der Waals surface area contributed by atoms with Crippen molar-refractivity contribution in [2.75, 3.05) is 12.4 Å². The van der Waals surface area contributed by atoms with Crippen molar-refractivity contribution in [3.63, 3.8) is 0 Å². The molecule has 0 rings (SSSR count). The Morgan fingerprint density at radius 3 is 2.22 bits per heavy atom. The lowest BCUT2D eigenvalue weighted by Gasteiger charge is -1.91. The molecule has 5 heteroatoms. The third-order valence-corrected chi connectivity index (χ3v) is 1.59. The standard InChI is InChI=1S/C4H9FO3S/c5-3-1-2-4-9(6,7)8/h1-4H2,(H,6,7,8). The Balaban J connectivity index is 3.30. The van der Waals surface area contributed by atoms with E-state index < -0.39 is 16.8 Å². The van der Waals surface area contributed by atoms with Crippen LogP contribution in [0.15, 0.2) is 0 Å². The molecule has 3 nitrogen and oxygen atoms in total. The molecular weight excluding hydrogens is 147 g/mol. The molecule has 0 atom stereocenters. The van der Waals surface area contributed by atoms with E-state index in [1.807, 2.05) is 0 Å². The Bertz CT molecular complexity index is 151. The molecule has 0 radical (unpaired) electrons. The van der Waals surface area contributed by atoms with E-state index in [1.54, 1.807) is 0 Å². The number of alkyl halides is 1. The summed E-state index contributed by atoms with van der Waals surface area (Å²) in [5.74, 6) is -0.336. The first kappa shape index (κ1) is 8.84. The van der Waals surface area contributed by atoms with Crippen LogP contribution in [0.5, 0.6) is 0 Å². The molecule has 0 unspecified atom stereocenters. The molecule has 9 heavy (non-hydrogen) atoms. The summed E-state index contributed by atoms with van der Waals surface area (Å²) < 4.78 is 39.3. The van der Waals surface area contributed by atoms with Gasteiger partial charge in [0.1, 0.15) is 0 Å². The van der Waals surface area contributed by atoms with Gasteiger partial charge in [0, 0.05) is 0 Å². The van der Waals surface area contributed by atoms with Crippen LogP contribution in [-0.2, 0) is 10.1 Å². The minimum atomic E-state index is -3.86. The SMILES string of the molecule is O=S(=O)(O)CCCCF. The van der Waals surface area contributed by atoms with Gasteiger partial charge in [0.25, 0.3) is 10.1 Å². The summed E-state index contributed by atoms with van der Waals surface area (Å²) >= 11 is 0. The first-order valence-corrected chi connectivity index (χ1v) is 4.18. The van der Waals surface area contributed by atoms with E-state index in [4.69, 9.17) is 4.55 Å². The average Bonchev–Trinajstić information content (AvgIpc) is 1.63. The van der Waals surface area contributed by atoms with Crippen LogP contribution >= 0.6 is 0 Å². The monoisotopic (exact) mass is 156 g/mol. The van der Waals surface area contributed by atoms with Crippen LogP contribution in [-0.4, -0.2) is 25.4 Å². The van der Waals surface area contributed by atoms with Crippen molar-refractivity contribution in [3.05, 3.63) is 0 Å². The van der Waals surface area contributed by atoms with Crippen LogP contribution in [0.3, 0.4) is 0 Å². The summed E-state index contributed by atoms with van der Waals surface area (Å²) in [6.07, 6.45) is 0.384. The number of hydrogen-bond acceptors (Lipinski definition) is 2. The van der Waals surface area contributed by atoms with Gasteiger partial charge in [-0.2, -0.15) is 8.42 Å². The van der Waals surface area contributed by atoms with Gasteiger partial charge in [0.2, 0.25) is 0 Å². The van der Waals surface area contributed by atoms with Crippen LogP contribution in [0.4, 0.5) is 4.39 Å². The van der Waals surface area contributed by atoms with Crippen molar-refractivity contribution >= 4 is 10.1 Å². The van der Waals surface area contributed by atoms with Crippen LogP contribution in [0.2, 0.25) is 0 Å². The van der Waals surface area contributed by atoms with Gasteiger partial charge in [-0.05, 0) is 12.8 Å². The quantitative estimate of drug-likeness (QED) is 0.479. The van der Waals surface area contributed by atoms with E-state index >= 15 is 0 Å². The summed E-state index contributed by atoms with van der Waals surface area (Å²) in [4.78, 5) is 0. The number of halogens is 1. The summed E-state index contributed by atoms with van der Waals surface area (Å²) in [6, 6.07) is 0. The predicted molar refractivity (Wildman–Crippen MR) is 31.6 cm³/mol. The van der Waals surface area contributed by atoms with E-state index in [-0.39, 0.29) is 18.6 Å². The minimum Gasteiger partial charge on any atom is -0.286 e. The van der Waals surface area contributed by atoms with E-state index in [0.717, 1.165) is 0 Å². The molecule has 0 heterocycles. The molecule has 0 saturated carbocycles. The van der Waals surface area contributed by atoms with Crippen LogP contribution in [0.1, 0.15) is 12.8 Å². The van der Waals surface area contributed by atoms with Gasteiger partial charge in [0.15, 0.2) is 0 Å². The molecule has 0 fully saturated rings. The number of unbranched alkanes of at least 4 members (excludes halogenated alkanes) is 1. The lowest BCUT2D eigenvalue weighted by molar-refractivity contribution is 0.456. The molecule has 0 aromatic rings. The third-order valence-electron chi connectivity index (χ3n) is 0.786. The van der Waals surface area contributed by atoms with Gasteiger partial charge in [-0.3, -0.25) is 8.94 Å². The second kappa shape index (κ2) is 3.79.